The van der Waals surface area contributed by atoms with Crippen LogP contribution in [0.3, 0.4) is 0 Å². The highest BCUT2D eigenvalue weighted by atomic mass is 16.4. The number of rotatable bonds is 4. The van der Waals surface area contributed by atoms with Crippen molar-refractivity contribution in [3.05, 3.63) is 24.3 Å². The highest BCUT2D eigenvalue weighted by molar-refractivity contribution is 5.74. The van der Waals surface area contributed by atoms with E-state index in [0.29, 0.717) is 6.04 Å². The Morgan fingerprint density at radius 1 is 1.37 bits per heavy atom. The fraction of sp³-hybridized carbons (Fsp3) is 0.533. The molecule has 1 saturated heterocycles. The molecule has 1 fully saturated rings. The molecule has 1 aliphatic rings. The van der Waals surface area contributed by atoms with Crippen LogP contribution >= 0.6 is 0 Å². The lowest BCUT2D eigenvalue weighted by molar-refractivity contribution is 0.404. The zero-order valence-corrected chi connectivity index (χ0v) is 11.4. The zero-order chi connectivity index (χ0) is 13.1. The van der Waals surface area contributed by atoms with Gasteiger partial charge in [-0.3, -0.25) is 0 Å². The van der Waals surface area contributed by atoms with Gasteiger partial charge in [-0.2, -0.15) is 4.98 Å². The molecule has 2 aromatic rings. The molecule has 1 aliphatic heterocycles. The van der Waals surface area contributed by atoms with E-state index < -0.39 is 0 Å². The second kappa shape index (κ2) is 5.61. The van der Waals surface area contributed by atoms with Crippen LogP contribution in [0.1, 0.15) is 25.7 Å². The summed E-state index contributed by atoms with van der Waals surface area (Å²) in [5, 5.41) is 3.24. The summed E-state index contributed by atoms with van der Waals surface area (Å²) < 4.78 is 5.91. The van der Waals surface area contributed by atoms with Gasteiger partial charge in [-0.05, 0) is 51.4 Å². The van der Waals surface area contributed by atoms with Crippen molar-refractivity contribution in [2.75, 3.05) is 25.0 Å². The molecule has 2 heterocycles. The van der Waals surface area contributed by atoms with E-state index in [1.54, 1.807) is 0 Å². The summed E-state index contributed by atoms with van der Waals surface area (Å²) >= 11 is 0. The van der Waals surface area contributed by atoms with E-state index in [1.165, 1.54) is 19.3 Å². The Kier molecular flexibility index (Phi) is 3.69. The quantitative estimate of drug-likeness (QED) is 0.916. The molecule has 19 heavy (non-hydrogen) atoms. The molecule has 3 rings (SSSR count). The van der Waals surface area contributed by atoms with Crippen molar-refractivity contribution < 1.29 is 4.42 Å². The van der Waals surface area contributed by atoms with Crippen LogP contribution in [0.5, 0.6) is 0 Å². The molecule has 0 aliphatic carbocycles. The Hall–Kier alpha value is -1.55. The van der Waals surface area contributed by atoms with E-state index in [1.807, 2.05) is 31.3 Å². The summed E-state index contributed by atoms with van der Waals surface area (Å²) in [6.07, 6.45) is 4.93. The number of benzene rings is 1. The molecule has 1 unspecified atom stereocenters. The summed E-state index contributed by atoms with van der Waals surface area (Å²) in [5.74, 6) is 0. The van der Waals surface area contributed by atoms with Crippen LogP contribution < -0.4 is 10.2 Å². The Morgan fingerprint density at radius 2 is 2.26 bits per heavy atom. The number of fused-ring (bicyclic) bond motifs is 1. The smallest absolute Gasteiger partial charge is 0.298 e. The number of aromatic nitrogens is 1. The first-order valence-corrected chi connectivity index (χ1v) is 7.15. The van der Waals surface area contributed by atoms with Crippen molar-refractivity contribution in [3.8, 4) is 0 Å². The van der Waals surface area contributed by atoms with Crippen molar-refractivity contribution in [1.29, 1.82) is 0 Å². The standard InChI is InChI=1S/C15H21N3O/c1-16-10-9-12-6-4-5-11-18(12)15-17-13-7-2-3-8-14(13)19-15/h2-3,7-8,12,16H,4-6,9-11H2,1H3. The lowest BCUT2D eigenvalue weighted by atomic mass is 10.00. The predicted octanol–water partition coefficient (Wildman–Crippen LogP) is 2.80. The third-order valence-corrected chi connectivity index (χ3v) is 3.88. The number of nitrogens with zero attached hydrogens (tertiary/aromatic N) is 2. The number of hydrogen-bond donors (Lipinski definition) is 1. The van der Waals surface area contributed by atoms with Gasteiger partial charge in [0.2, 0.25) is 0 Å². The highest BCUT2D eigenvalue weighted by Crippen LogP contribution is 2.28. The molecule has 1 aromatic carbocycles. The van der Waals surface area contributed by atoms with Crippen molar-refractivity contribution in [2.24, 2.45) is 0 Å². The molecule has 4 heteroatoms. The van der Waals surface area contributed by atoms with Gasteiger partial charge in [0.15, 0.2) is 5.58 Å². The van der Waals surface area contributed by atoms with Crippen molar-refractivity contribution in [1.82, 2.24) is 10.3 Å². The third kappa shape index (κ3) is 2.59. The minimum Gasteiger partial charge on any atom is -0.423 e. The summed E-state index contributed by atoms with van der Waals surface area (Å²) in [5.41, 5.74) is 1.84. The molecular formula is C15H21N3O. The van der Waals surface area contributed by atoms with Crippen molar-refractivity contribution in [3.63, 3.8) is 0 Å². The number of piperidine rings is 1. The minimum absolute atomic E-state index is 0.550. The van der Waals surface area contributed by atoms with E-state index in [2.05, 4.69) is 15.2 Å². The summed E-state index contributed by atoms with van der Waals surface area (Å²) in [6.45, 7) is 2.10. The maximum absolute atomic E-state index is 5.91. The third-order valence-electron chi connectivity index (χ3n) is 3.88. The monoisotopic (exact) mass is 259 g/mol. The van der Waals surface area contributed by atoms with Gasteiger partial charge in [-0.1, -0.05) is 12.1 Å². The molecule has 0 spiro atoms. The Balaban J connectivity index is 1.84. The second-order valence-electron chi connectivity index (χ2n) is 5.20. The minimum atomic E-state index is 0.550. The van der Waals surface area contributed by atoms with Crippen LogP contribution in [-0.2, 0) is 0 Å². The van der Waals surface area contributed by atoms with Crippen LogP contribution in [0.4, 0.5) is 6.01 Å². The number of nitrogens with one attached hydrogen (secondary N) is 1. The molecule has 0 bridgehead atoms. The first-order chi connectivity index (χ1) is 9.38. The van der Waals surface area contributed by atoms with Gasteiger partial charge in [-0.25, -0.2) is 0 Å². The Morgan fingerprint density at radius 3 is 3.11 bits per heavy atom. The number of para-hydroxylation sites is 2. The molecule has 0 amide bonds. The summed E-state index contributed by atoms with van der Waals surface area (Å²) in [6, 6.07) is 9.33. The lowest BCUT2D eigenvalue weighted by Gasteiger charge is -2.34. The van der Waals surface area contributed by atoms with Crippen molar-refractivity contribution >= 4 is 17.1 Å². The molecule has 1 aromatic heterocycles. The average Bonchev–Trinajstić information content (AvgIpc) is 2.89. The van der Waals surface area contributed by atoms with Gasteiger partial charge >= 0.3 is 0 Å². The molecule has 4 nitrogen and oxygen atoms in total. The molecule has 0 radical (unpaired) electrons. The highest BCUT2D eigenvalue weighted by Gasteiger charge is 2.25. The zero-order valence-electron chi connectivity index (χ0n) is 11.4. The van der Waals surface area contributed by atoms with Crippen LogP contribution in [-0.4, -0.2) is 31.2 Å². The normalized spacial score (nSPS) is 20.1. The van der Waals surface area contributed by atoms with E-state index in [4.69, 9.17) is 4.42 Å². The van der Waals surface area contributed by atoms with Gasteiger partial charge in [0.1, 0.15) is 5.52 Å². The van der Waals surface area contributed by atoms with Gasteiger partial charge < -0.3 is 14.6 Å². The van der Waals surface area contributed by atoms with E-state index in [-0.39, 0.29) is 0 Å². The summed E-state index contributed by atoms with van der Waals surface area (Å²) in [7, 11) is 2.01. The Labute approximate surface area is 113 Å². The van der Waals surface area contributed by atoms with Crippen LogP contribution in [0, 0.1) is 0 Å². The maximum Gasteiger partial charge on any atom is 0.298 e. The maximum atomic E-state index is 5.91. The summed E-state index contributed by atoms with van der Waals surface area (Å²) in [4.78, 5) is 6.98. The fourth-order valence-electron chi connectivity index (χ4n) is 2.85. The number of anilines is 1. The number of hydrogen-bond acceptors (Lipinski definition) is 4. The van der Waals surface area contributed by atoms with E-state index >= 15 is 0 Å². The van der Waals surface area contributed by atoms with Gasteiger partial charge in [-0.15, -0.1) is 0 Å². The fourth-order valence-corrected chi connectivity index (χ4v) is 2.85. The van der Waals surface area contributed by atoms with Crippen LogP contribution in [0.25, 0.3) is 11.1 Å². The molecular weight excluding hydrogens is 238 g/mol. The first-order valence-electron chi connectivity index (χ1n) is 7.15. The second-order valence-corrected chi connectivity index (χ2v) is 5.20. The lowest BCUT2D eigenvalue weighted by Crippen LogP contribution is -2.41. The van der Waals surface area contributed by atoms with E-state index in [9.17, 15) is 0 Å². The Bertz CT molecular complexity index is 504. The van der Waals surface area contributed by atoms with Gasteiger partial charge in [0.05, 0.1) is 0 Å². The van der Waals surface area contributed by atoms with Crippen molar-refractivity contribution in [2.45, 2.75) is 31.7 Å². The van der Waals surface area contributed by atoms with Crippen LogP contribution in [0.15, 0.2) is 28.7 Å². The van der Waals surface area contributed by atoms with E-state index in [0.717, 1.165) is 36.6 Å². The molecule has 1 N–H and O–H groups in total. The molecule has 102 valence electrons. The SMILES string of the molecule is CNCCC1CCCCN1c1nc2ccccc2o1. The molecule has 1 atom stereocenters. The molecule has 0 saturated carbocycles. The predicted molar refractivity (Wildman–Crippen MR) is 77.5 cm³/mol. The first kappa shape index (κ1) is 12.5. The topological polar surface area (TPSA) is 41.3 Å². The largest absolute Gasteiger partial charge is 0.423 e. The van der Waals surface area contributed by atoms with Gasteiger partial charge in [0, 0.05) is 12.6 Å². The number of oxazole rings is 1. The van der Waals surface area contributed by atoms with Crippen LogP contribution in [0.2, 0.25) is 0 Å². The van der Waals surface area contributed by atoms with Gasteiger partial charge in [0.25, 0.3) is 6.01 Å². The average molecular weight is 259 g/mol.